The van der Waals surface area contributed by atoms with Crippen LogP contribution in [0.3, 0.4) is 0 Å². The van der Waals surface area contributed by atoms with Crippen LogP contribution in [0.1, 0.15) is 38.3 Å². The summed E-state index contributed by atoms with van der Waals surface area (Å²) in [7, 11) is 0. The van der Waals surface area contributed by atoms with Gasteiger partial charge in [0, 0.05) is 16.9 Å². The molecule has 3 heteroatoms. The van der Waals surface area contributed by atoms with Crippen LogP contribution in [0.2, 0.25) is 0 Å². The number of aryl methyl sites for hydroxylation is 1. The number of hydrogen-bond donors (Lipinski definition) is 0. The molecule has 0 atom stereocenters. The van der Waals surface area contributed by atoms with Crippen molar-refractivity contribution in [2.45, 2.75) is 20.3 Å². The van der Waals surface area contributed by atoms with Crippen molar-refractivity contribution >= 4 is 23.4 Å². The summed E-state index contributed by atoms with van der Waals surface area (Å²) in [5.74, 6) is 0.108. The Morgan fingerprint density at radius 3 is 2.75 bits per heavy atom. The standard InChI is InChI=1S/C9H10O2S/c1-3-9(11)8-4-7(5-10)12-6(8)2/h4-5H,3H2,1-2H3. The largest absolute Gasteiger partial charge is 0.297 e. The maximum Gasteiger partial charge on any atom is 0.163 e. The number of hydrogen-bond acceptors (Lipinski definition) is 3. The van der Waals surface area contributed by atoms with E-state index in [1.54, 1.807) is 6.07 Å². The summed E-state index contributed by atoms with van der Waals surface area (Å²) in [5.41, 5.74) is 0.699. The number of thiophene rings is 1. The van der Waals surface area contributed by atoms with Gasteiger partial charge in [-0.05, 0) is 13.0 Å². The number of aldehydes is 1. The Hall–Kier alpha value is -0.960. The van der Waals surface area contributed by atoms with Crippen molar-refractivity contribution in [2.75, 3.05) is 0 Å². The predicted octanol–water partition coefficient (Wildman–Crippen LogP) is 2.46. The summed E-state index contributed by atoms with van der Waals surface area (Å²) in [6.45, 7) is 3.68. The molecule has 2 nitrogen and oxygen atoms in total. The van der Waals surface area contributed by atoms with Crippen molar-refractivity contribution in [2.24, 2.45) is 0 Å². The van der Waals surface area contributed by atoms with Gasteiger partial charge in [0.15, 0.2) is 12.1 Å². The van der Waals surface area contributed by atoms with Crippen molar-refractivity contribution in [3.63, 3.8) is 0 Å². The summed E-state index contributed by atoms with van der Waals surface area (Å²) in [5, 5.41) is 0. The smallest absolute Gasteiger partial charge is 0.163 e. The summed E-state index contributed by atoms with van der Waals surface area (Å²) in [6.07, 6.45) is 1.28. The number of carbonyl (C=O) groups is 2. The Morgan fingerprint density at radius 2 is 2.33 bits per heavy atom. The van der Waals surface area contributed by atoms with Crippen molar-refractivity contribution in [3.05, 3.63) is 21.4 Å². The Balaban J connectivity index is 3.07. The molecule has 1 aromatic rings. The molecular formula is C9H10O2S. The normalized spacial score (nSPS) is 9.83. The minimum absolute atomic E-state index is 0.108. The third-order valence-electron chi connectivity index (χ3n) is 1.67. The van der Waals surface area contributed by atoms with Gasteiger partial charge in [0.1, 0.15) is 0 Å². The van der Waals surface area contributed by atoms with E-state index in [-0.39, 0.29) is 5.78 Å². The zero-order valence-corrected chi connectivity index (χ0v) is 7.90. The van der Waals surface area contributed by atoms with E-state index in [1.165, 1.54) is 11.3 Å². The van der Waals surface area contributed by atoms with Crippen LogP contribution < -0.4 is 0 Å². The van der Waals surface area contributed by atoms with Gasteiger partial charge in [-0.25, -0.2) is 0 Å². The van der Waals surface area contributed by atoms with Gasteiger partial charge in [-0.1, -0.05) is 6.92 Å². The molecule has 0 aliphatic rings. The van der Waals surface area contributed by atoms with Crippen LogP contribution in [0.15, 0.2) is 6.07 Å². The average Bonchev–Trinajstić information content (AvgIpc) is 2.45. The summed E-state index contributed by atoms with van der Waals surface area (Å²) >= 11 is 1.37. The van der Waals surface area contributed by atoms with E-state index >= 15 is 0 Å². The van der Waals surface area contributed by atoms with E-state index in [1.807, 2.05) is 13.8 Å². The molecule has 0 saturated heterocycles. The monoisotopic (exact) mass is 182 g/mol. The highest BCUT2D eigenvalue weighted by molar-refractivity contribution is 7.13. The van der Waals surface area contributed by atoms with E-state index in [0.29, 0.717) is 16.9 Å². The van der Waals surface area contributed by atoms with E-state index < -0.39 is 0 Å². The van der Waals surface area contributed by atoms with Gasteiger partial charge in [-0.15, -0.1) is 11.3 Å². The highest BCUT2D eigenvalue weighted by atomic mass is 32.1. The number of rotatable bonds is 3. The molecule has 12 heavy (non-hydrogen) atoms. The molecule has 0 radical (unpaired) electrons. The van der Waals surface area contributed by atoms with Crippen LogP contribution >= 0.6 is 11.3 Å². The zero-order chi connectivity index (χ0) is 9.14. The maximum atomic E-state index is 11.3. The van der Waals surface area contributed by atoms with E-state index in [4.69, 9.17) is 0 Å². The molecule has 1 rings (SSSR count). The highest BCUT2D eigenvalue weighted by Crippen LogP contribution is 2.21. The Labute approximate surface area is 75.2 Å². The molecular weight excluding hydrogens is 172 g/mol. The first kappa shape index (κ1) is 9.13. The van der Waals surface area contributed by atoms with Gasteiger partial charge in [-0.3, -0.25) is 9.59 Å². The second-order valence-corrected chi connectivity index (χ2v) is 3.80. The molecule has 0 aliphatic carbocycles. The molecule has 0 unspecified atom stereocenters. The second kappa shape index (κ2) is 3.63. The molecule has 0 fully saturated rings. The van der Waals surface area contributed by atoms with E-state index in [2.05, 4.69) is 0 Å². The van der Waals surface area contributed by atoms with Crippen molar-refractivity contribution in [1.82, 2.24) is 0 Å². The van der Waals surface area contributed by atoms with Crippen molar-refractivity contribution in [3.8, 4) is 0 Å². The van der Waals surface area contributed by atoms with Gasteiger partial charge < -0.3 is 0 Å². The third kappa shape index (κ3) is 1.61. The Morgan fingerprint density at radius 1 is 1.67 bits per heavy atom. The van der Waals surface area contributed by atoms with Crippen molar-refractivity contribution in [1.29, 1.82) is 0 Å². The first-order valence-electron chi connectivity index (χ1n) is 3.77. The molecule has 0 aromatic carbocycles. The molecule has 0 amide bonds. The van der Waals surface area contributed by atoms with Crippen LogP contribution in [0, 0.1) is 6.92 Å². The maximum absolute atomic E-state index is 11.3. The summed E-state index contributed by atoms with van der Waals surface area (Å²) in [4.78, 5) is 23.2. The number of ketones is 1. The van der Waals surface area contributed by atoms with Gasteiger partial charge in [0.05, 0.1) is 4.88 Å². The van der Waals surface area contributed by atoms with E-state index in [9.17, 15) is 9.59 Å². The van der Waals surface area contributed by atoms with Crippen molar-refractivity contribution < 1.29 is 9.59 Å². The highest BCUT2D eigenvalue weighted by Gasteiger charge is 2.10. The lowest BCUT2D eigenvalue weighted by molar-refractivity contribution is 0.0988. The van der Waals surface area contributed by atoms with Gasteiger partial charge in [0.2, 0.25) is 0 Å². The Bertz CT molecular complexity index is 312. The Kier molecular flexibility index (Phi) is 2.76. The molecule has 0 aliphatic heterocycles. The van der Waals surface area contributed by atoms with Crippen LogP contribution in [0.5, 0.6) is 0 Å². The molecule has 0 spiro atoms. The first-order valence-corrected chi connectivity index (χ1v) is 4.59. The topological polar surface area (TPSA) is 34.1 Å². The fraction of sp³-hybridized carbons (Fsp3) is 0.333. The summed E-state index contributed by atoms with van der Waals surface area (Å²) in [6, 6.07) is 1.67. The minimum atomic E-state index is 0.108. The third-order valence-corrected chi connectivity index (χ3v) is 2.65. The molecule has 0 saturated carbocycles. The molecule has 1 heterocycles. The quantitative estimate of drug-likeness (QED) is 0.531. The summed E-state index contributed by atoms with van der Waals surface area (Å²) < 4.78 is 0. The SMILES string of the molecule is CCC(=O)c1cc(C=O)sc1C. The lowest BCUT2D eigenvalue weighted by atomic mass is 10.1. The fourth-order valence-corrected chi connectivity index (χ4v) is 1.89. The lowest BCUT2D eigenvalue weighted by Crippen LogP contribution is -1.95. The molecule has 0 N–H and O–H groups in total. The first-order chi connectivity index (χ1) is 5.69. The predicted molar refractivity (Wildman–Crippen MR) is 49.1 cm³/mol. The molecule has 0 bridgehead atoms. The average molecular weight is 182 g/mol. The lowest BCUT2D eigenvalue weighted by Gasteiger charge is -1.92. The van der Waals surface area contributed by atoms with E-state index in [0.717, 1.165) is 11.2 Å². The molecule has 1 aromatic heterocycles. The van der Waals surface area contributed by atoms with Crippen LogP contribution in [-0.2, 0) is 0 Å². The van der Waals surface area contributed by atoms with Crippen LogP contribution in [0.25, 0.3) is 0 Å². The van der Waals surface area contributed by atoms with Gasteiger partial charge in [-0.2, -0.15) is 0 Å². The minimum Gasteiger partial charge on any atom is -0.297 e. The van der Waals surface area contributed by atoms with Crippen LogP contribution in [-0.4, -0.2) is 12.1 Å². The second-order valence-electron chi connectivity index (χ2n) is 2.51. The number of carbonyl (C=O) groups excluding carboxylic acids is 2. The fourth-order valence-electron chi connectivity index (χ4n) is 1.03. The van der Waals surface area contributed by atoms with Crippen LogP contribution in [0.4, 0.5) is 0 Å². The van der Waals surface area contributed by atoms with Gasteiger partial charge in [0.25, 0.3) is 0 Å². The zero-order valence-electron chi connectivity index (χ0n) is 7.09. The van der Waals surface area contributed by atoms with Gasteiger partial charge >= 0.3 is 0 Å². The number of Topliss-reactive ketones (excluding diaryl/α,β-unsaturated/α-hetero) is 1. The molecule has 64 valence electrons.